The van der Waals surface area contributed by atoms with Gasteiger partial charge in [-0.25, -0.2) is 4.39 Å². The van der Waals surface area contributed by atoms with Gasteiger partial charge in [0, 0.05) is 22.8 Å². The van der Waals surface area contributed by atoms with E-state index in [0.717, 1.165) is 0 Å². The van der Waals surface area contributed by atoms with E-state index >= 15 is 0 Å². The van der Waals surface area contributed by atoms with Crippen molar-refractivity contribution in [2.24, 2.45) is 5.73 Å². The van der Waals surface area contributed by atoms with E-state index in [1.807, 2.05) is 0 Å². The summed E-state index contributed by atoms with van der Waals surface area (Å²) in [6.45, 7) is 0.249. The highest BCUT2D eigenvalue weighted by Crippen LogP contribution is 2.22. The predicted octanol–water partition coefficient (Wildman–Crippen LogP) is 3.84. The molecule has 2 aromatic carbocycles. The molecule has 0 fully saturated rings. The van der Waals surface area contributed by atoms with Gasteiger partial charge in [-0.3, -0.25) is 4.79 Å². The van der Waals surface area contributed by atoms with Crippen LogP contribution in [0.15, 0.2) is 36.4 Å². The van der Waals surface area contributed by atoms with Crippen LogP contribution in [0.3, 0.4) is 0 Å². The van der Waals surface area contributed by atoms with Crippen molar-refractivity contribution in [2.75, 3.05) is 5.32 Å². The number of rotatable bonds is 4. The largest absolute Gasteiger partial charge is 0.381 e. The highest BCUT2D eigenvalue weighted by molar-refractivity contribution is 6.34. The molecule has 0 saturated heterocycles. The zero-order valence-corrected chi connectivity index (χ0v) is 11.8. The molecule has 0 aliphatic rings. The van der Waals surface area contributed by atoms with Crippen molar-refractivity contribution in [3.05, 3.63) is 63.4 Å². The first-order valence-electron chi connectivity index (χ1n) is 5.74. The molecule has 0 aliphatic carbocycles. The van der Waals surface area contributed by atoms with Gasteiger partial charge in [-0.15, -0.1) is 0 Å². The molecule has 0 bridgehead atoms. The summed E-state index contributed by atoms with van der Waals surface area (Å²) in [4.78, 5) is 11.0. The summed E-state index contributed by atoms with van der Waals surface area (Å²) in [6, 6.07) is 9.06. The van der Waals surface area contributed by atoms with Gasteiger partial charge in [0.05, 0.1) is 10.6 Å². The smallest absolute Gasteiger partial charge is 0.250 e. The number of hydrogen-bond donors (Lipinski definition) is 2. The van der Waals surface area contributed by atoms with E-state index in [1.165, 1.54) is 18.2 Å². The van der Waals surface area contributed by atoms with Gasteiger partial charge in [0.15, 0.2) is 0 Å². The lowest BCUT2D eigenvalue weighted by Crippen LogP contribution is -2.11. The Morgan fingerprint density at radius 2 is 1.95 bits per heavy atom. The third kappa shape index (κ3) is 3.40. The van der Waals surface area contributed by atoms with E-state index in [4.69, 9.17) is 28.9 Å². The molecule has 0 spiro atoms. The predicted molar refractivity (Wildman–Crippen MR) is 78.7 cm³/mol. The minimum absolute atomic E-state index is 0.242. The van der Waals surface area contributed by atoms with Crippen molar-refractivity contribution in [1.29, 1.82) is 0 Å². The minimum atomic E-state index is -0.595. The first kappa shape index (κ1) is 14.6. The second-order valence-corrected chi connectivity index (χ2v) is 4.99. The van der Waals surface area contributed by atoms with Gasteiger partial charge in [0.25, 0.3) is 0 Å². The zero-order valence-electron chi connectivity index (χ0n) is 10.3. The van der Waals surface area contributed by atoms with Gasteiger partial charge in [-0.05, 0) is 36.4 Å². The van der Waals surface area contributed by atoms with Crippen LogP contribution in [-0.4, -0.2) is 5.91 Å². The number of anilines is 1. The highest BCUT2D eigenvalue weighted by atomic mass is 35.5. The minimum Gasteiger partial charge on any atom is -0.381 e. The van der Waals surface area contributed by atoms with Crippen LogP contribution in [0.5, 0.6) is 0 Å². The number of benzene rings is 2. The first-order chi connectivity index (χ1) is 9.47. The maximum atomic E-state index is 13.5. The molecule has 3 N–H and O–H groups in total. The molecule has 0 aromatic heterocycles. The molecular weight excluding hydrogens is 302 g/mol. The van der Waals surface area contributed by atoms with Gasteiger partial charge < -0.3 is 11.1 Å². The Balaban J connectivity index is 2.13. The standard InChI is InChI=1S/C14H11Cl2FN2O/c15-9-1-4-13(17)8(5-9)7-19-10-2-3-11(14(18)20)12(16)6-10/h1-6,19H,7H2,(H2,18,20). The Morgan fingerprint density at radius 3 is 2.60 bits per heavy atom. The summed E-state index contributed by atoms with van der Waals surface area (Å²) in [5.74, 6) is -0.941. The normalized spacial score (nSPS) is 10.3. The molecular formula is C14H11Cl2FN2O. The molecule has 3 nitrogen and oxygen atoms in total. The molecule has 0 radical (unpaired) electrons. The Labute approximate surface area is 125 Å². The molecule has 6 heteroatoms. The lowest BCUT2D eigenvalue weighted by atomic mass is 10.1. The molecule has 2 aromatic rings. The maximum absolute atomic E-state index is 13.5. The Hall–Kier alpha value is -1.78. The van der Waals surface area contributed by atoms with Crippen molar-refractivity contribution < 1.29 is 9.18 Å². The summed E-state index contributed by atoms with van der Waals surface area (Å²) in [5, 5.41) is 3.71. The first-order valence-corrected chi connectivity index (χ1v) is 6.50. The van der Waals surface area contributed by atoms with Crippen LogP contribution in [0.25, 0.3) is 0 Å². The molecule has 0 aliphatic heterocycles. The van der Waals surface area contributed by atoms with E-state index in [9.17, 15) is 9.18 Å². The monoisotopic (exact) mass is 312 g/mol. The third-order valence-corrected chi connectivity index (χ3v) is 3.27. The van der Waals surface area contributed by atoms with Crippen LogP contribution < -0.4 is 11.1 Å². The SMILES string of the molecule is NC(=O)c1ccc(NCc2cc(Cl)ccc2F)cc1Cl. The Bertz CT molecular complexity index is 662. The summed E-state index contributed by atoms with van der Waals surface area (Å²) in [7, 11) is 0. The average Bonchev–Trinajstić information content (AvgIpc) is 2.39. The van der Waals surface area contributed by atoms with Crippen molar-refractivity contribution in [2.45, 2.75) is 6.54 Å². The van der Waals surface area contributed by atoms with Crippen LogP contribution in [0.4, 0.5) is 10.1 Å². The zero-order chi connectivity index (χ0) is 14.7. The number of nitrogens with two attached hydrogens (primary N) is 1. The van der Waals surface area contributed by atoms with E-state index in [2.05, 4.69) is 5.32 Å². The molecule has 2 rings (SSSR count). The van der Waals surface area contributed by atoms with Gasteiger partial charge in [-0.2, -0.15) is 0 Å². The van der Waals surface area contributed by atoms with Gasteiger partial charge in [0.1, 0.15) is 5.82 Å². The Kier molecular flexibility index (Phi) is 4.47. The van der Waals surface area contributed by atoms with Crippen molar-refractivity contribution in [1.82, 2.24) is 0 Å². The number of primary amides is 1. The molecule has 1 amide bonds. The maximum Gasteiger partial charge on any atom is 0.250 e. The summed E-state index contributed by atoms with van der Waals surface area (Å²) in [5.41, 5.74) is 6.49. The van der Waals surface area contributed by atoms with Crippen molar-refractivity contribution in [3.8, 4) is 0 Å². The van der Waals surface area contributed by atoms with Crippen LogP contribution in [0.2, 0.25) is 10.0 Å². The molecule has 104 valence electrons. The van der Waals surface area contributed by atoms with Crippen LogP contribution in [-0.2, 0) is 6.54 Å². The van der Waals surface area contributed by atoms with Crippen LogP contribution >= 0.6 is 23.2 Å². The summed E-state index contributed by atoms with van der Waals surface area (Å²) < 4.78 is 13.5. The number of hydrogen-bond acceptors (Lipinski definition) is 2. The molecule has 0 unspecified atom stereocenters. The summed E-state index contributed by atoms with van der Waals surface area (Å²) >= 11 is 11.7. The Morgan fingerprint density at radius 1 is 1.20 bits per heavy atom. The fraction of sp³-hybridized carbons (Fsp3) is 0.0714. The van der Waals surface area contributed by atoms with E-state index in [1.54, 1.807) is 18.2 Å². The van der Waals surface area contributed by atoms with Crippen LogP contribution in [0, 0.1) is 5.82 Å². The highest BCUT2D eigenvalue weighted by Gasteiger charge is 2.08. The quantitative estimate of drug-likeness (QED) is 0.901. The second kappa shape index (κ2) is 6.11. The molecule has 0 atom stereocenters. The van der Waals surface area contributed by atoms with E-state index in [-0.39, 0.29) is 22.9 Å². The fourth-order valence-electron chi connectivity index (χ4n) is 1.70. The average molecular weight is 313 g/mol. The second-order valence-electron chi connectivity index (χ2n) is 4.15. The molecule has 0 heterocycles. The lowest BCUT2D eigenvalue weighted by Gasteiger charge is -2.09. The summed E-state index contributed by atoms with van der Waals surface area (Å²) in [6.07, 6.45) is 0. The van der Waals surface area contributed by atoms with Gasteiger partial charge in [-0.1, -0.05) is 23.2 Å². The van der Waals surface area contributed by atoms with E-state index in [0.29, 0.717) is 16.3 Å². The number of halogens is 3. The number of carbonyl (C=O) groups excluding carboxylic acids is 1. The van der Waals surface area contributed by atoms with Crippen LogP contribution in [0.1, 0.15) is 15.9 Å². The topological polar surface area (TPSA) is 55.1 Å². The van der Waals surface area contributed by atoms with Crippen molar-refractivity contribution >= 4 is 34.8 Å². The van der Waals surface area contributed by atoms with Gasteiger partial charge >= 0.3 is 0 Å². The molecule has 0 saturated carbocycles. The fourth-order valence-corrected chi connectivity index (χ4v) is 2.17. The third-order valence-electron chi connectivity index (χ3n) is 2.73. The number of amides is 1. The van der Waals surface area contributed by atoms with E-state index < -0.39 is 5.91 Å². The molecule has 20 heavy (non-hydrogen) atoms. The number of carbonyl (C=O) groups is 1. The van der Waals surface area contributed by atoms with Gasteiger partial charge in [0.2, 0.25) is 5.91 Å². The number of nitrogens with one attached hydrogen (secondary N) is 1. The van der Waals surface area contributed by atoms with Crippen molar-refractivity contribution in [3.63, 3.8) is 0 Å². The lowest BCUT2D eigenvalue weighted by molar-refractivity contribution is 0.100.